The van der Waals surface area contributed by atoms with Crippen molar-refractivity contribution in [3.63, 3.8) is 0 Å². The smallest absolute Gasteiger partial charge is 0.145 e. The maximum Gasteiger partial charge on any atom is 0.145 e. The van der Waals surface area contributed by atoms with Gasteiger partial charge >= 0.3 is 0 Å². The summed E-state index contributed by atoms with van der Waals surface area (Å²) in [6.07, 6.45) is 15.1. The molecule has 0 aromatic carbocycles. The highest BCUT2D eigenvalue weighted by Gasteiger charge is 2.56. The van der Waals surface area contributed by atoms with Gasteiger partial charge in [0.15, 0.2) is 0 Å². The molecule has 0 aromatic rings. The van der Waals surface area contributed by atoms with Crippen LogP contribution in [0.4, 0.5) is 0 Å². The normalized spacial score (nSPS) is 23.2. The summed E-state index contributed by atoms with van der Waals surface area (Å²) in [4.78, 5) is 15.1. The quantitative estimate of drug-likeness (QED) is 0.750. The topological polar surface area (TPSA) is 21.5 Å². The first-order valence-corrected chi connectivity index (χ1v) is 10.4. The van der Waals surface area contributed by atoms with Crippen LogP contribution in [0.1, 0.15) is 90.9 Å². The van der Waals surface area contributed by atoms with Gasteiger partial charge in [0.25, 0.3) is 0 Å². The molecule has 0 aromatic heterocycles. The SMILES string of the molecule is CCCC(=O)C(C1CCCCC1)(C1CCCCC1)C(C)[NH+](C)C. The first-order chi connectivity index (χ1) is 11.0. The van der Waals surface area contributed by atoms with Gasteiger partial charge in [-0.2, -0.15) is 0 Å². The van der Waals surface area contributed by atoms with Gasteiger partial charge in [0.1, 0.15) is 5.78 Å². The number of hydrogen-bond acceptors (Lipinski definition) is 1. The minimum Gasteiger partial charge on any atom is -0.337 e. The van der Waals surface area contributed by atoms with Crippen molar-refractivity contribution < 1.29 is 9.69 Å². The van der Waals surface area contributed by atoms with Crippen molar-refractivity contribution in [3.05, 3.63) is 0 Å². The van der Waals surface area contributed by atoms with Crippen molar-refractivity contribution in [1.29, 1.82) is 0 Å². The number of quaternary nitrogens is 1. The molecule has 2 fully saturated rings. The molecule has 0 heterocycles. The maximum absolute atomic E-state index is 13.6. The highest BCUT2D eigenvalue weighted by Crippen LogP contribution is 2.51. The average Bonchev–Trinajstić information content (AvgIpc) is 2.57. The first-order valence-electron chi connectivity index (χ1n) is 10.4. The van der Waals surface area contributed by atoms with Crippen LogP contribution in [-0.4, -0.2) is 25.9 Å². The zero-order chi connectivity index (χ0) is 16.9. The van der Waals surface area contributed by atoms with Crippen LogP contribution in [-0.2, 0) is 4.79 Å². The largest absolute Gasteiger partial charge is 0.337 e. The van der Waals surface area contributed by atoms with Gasteiger partial charge in [-0.25, -0.2) is 0 Å². The van der Waals surface area contributed by atoms with Gasteiger partial charge in [-0.3, -0.25) is 4.79 Å². The lowest BCUT2D eigenvalue weighted by molar-refractivity contribution is -0.892. The Morgan fingerprint density at radius 1 is 0.957 bits per heavy atom. The van der Waals surface area contributed by atoms with E-state index >= 15 is 0 Å². The Morgan fingerprint density at radius 3 is 1.74 bits per heavy atom. The van der Waals surface area contributed by atoms with Crippen molar-refractivity contribution in [3.8, 4) is 0 Å². The van der Waals surface area contributed by atoms with Crippen LogP contribution in [0.15, 0.2) is 0 Å². The summed E-state index contributed by atoms with van der Waals surface area (Å²) < 4.78 is 0. The second-order valence-corrected chi connectivity index (χ2v) is 8.58. The summed E-state index contributed by atoms with van der Waals surface area (Å²) in [5.41, 5.74) is -0.0459. The molecule has 0 spiro atoms. The molecule has 0 aliphatic heterocycles. The molecule has 2 aliphatic carbocycles. The second-order valence-electron chi connectivity index (χ2n) is 8.58. The lowest BCUT2D eigenvalue weighted by atomic mass is 9.53. The zero-order valence-electron chi connectivity index (χ0n) is 16.1. The molecule has 2 nitrogen and oxygen atoms in total. The lowest BCUT2D eigenvalue weighted by Crippen LogP contribution is -3.12. The monoisotopic (exact) mass is 322 g/mol. The molecule has 1 unspecified atom stereocenters. The van der Waals surface area contributed by atoms with Gasteiger partial charge < -0.3 is 4.90 Å². The third-order valence-electron chi connectivity index (χ3n) is 7.10. The van der Waals surface area contributed by atoms with E-state index in [2.05, 4.69) is 27.9 Å². The molecular formula is C21H40NO+. The number of nitrogens with one attached hydrogen (secondary N) is 1. The van der Waals surface area contributed by atoms with Crippen molar-refractivity contribution >= 4 is 5.78 Å². The molecule has 2 rings (SSSR count). The summed E-state index contributed by atoms with van der Waals surface area (Å²) in [7, 11) is 4.54. The highest BCUT2D eigenvalue weighted by molar-refractivity contribution is 5.86. The fourth-order valence-corrected chi connectivity index (χ4v) is 5.82. The van der Waals surface area contributed by atoms with Crippen molar-refractivity contribution in [2.24, 2.45) is 17.3 Å². The fraction of sp³-hybridized carbons (Fsp3) is 0.952. The third kappa shape index (κ3) is 3.83. The molecular weight excluding hydrogens is 282 g/mol. The molecule has 2 aliphatic rings. The summed E-state index contributed by atoms with van der Waals surface area (Å²) >= 11 is 0. The third-order valence-corrected chi connectivity index (χ3v) is 7.10. The van der Waals surface area contributed by atoms with Gasteiger partial charge in [-0.1, -0.05) is 45.4 Å². The van der Waals surface area contributed by atoms with E-state index in [0.717, 1.165) is 12.8 Å². The van der Waals surface area contributed by atoms with E-state index in [1.807, 2.05) is 0 Å². The molecule has 1 atom stereocenters. The molecule has 0 saturated heterocycles. The van der Waals surface area contributed by atoms with Crippen LogP contribution in [0, 0.1) is 17.3 Å². The first kappa shape index (κ1) is 19.0. The van der Waals surface area contributed by atoms with Gasteiger partial charge in [0.2, 0.25) is 0 Å². The van der Waals surface area contributed by atoms with E-state index in [-0.39, 0.29) is 5.41 Å². The summed E-state index contributed by atoms with van der Waals surface area (Å²) in [5, 5.41) is 0. The molecule has 0 radical (unpaired) electrons. The predicted octanol–water partition coefficient (Wildman–Crippen LogP) is 4.04. The van der Waals surface area contributed by atoms with E-state index in [0.29, 0.717) is 23.7 Å². The Kier molecular flexibility index (Phi) is 7.13. The zero-order valence-corrected chi connectivity index (χ0v) is 16.1. The van der Waals surface area contributed by atoms with Crippen LogP contribution < -0.4 is 4.90 Å². The molecule has 2 heteroatoms. The number of Topliss-reactive ketones (excluding diaryl/α,β-unsaturated/α-hetero) is 1. The fourth-order valence-electron chi connectivity index (χ4n) is 5.82. The van der Waals surface area contributed by atoms with Crippen LogP contribution in [0.2, 0.25) is 0 Å². The number of rotatable bonds is 7. The standard InChI is InChI=1S/C21H39NO/c1-5-12-20(23)21(17(2)22(3)4,18-13-8-6-9-14-18)19-15-10-7-11-16-19/h17-19H,5-16H2,1-4H3/p+1. The minimum absolute atomic E-state index is 0.0459. The van der Waals surface area contributed by atoms with Crippen LogP contribution in [0.3, 0.4) is 0 Å². The number of carbonyl (C=O) groups excluding carboxylic acids is 1. The number of ketones is 1. The van der Waals surface area contributed by atoms with Crippen LogP contribution in [0.5, 0.6) is 0 Å². The lowest BCUT2D eigenvalue weighted by Gasteiger charge is -2.51. The van der Waals surface area contributed by atoms with Crippen molar-refractivity contribution in [2.75, 3.05) is 14.1 Å². The number of hydrogen-bond donors (Lipinski definition) is 1. The maximum atomic E-state index is 13.6. The molecule has 2 saturated carbocycles. The Bertz CT molecular complexity index is 346. The van der Waals surface area contributed by atoms with E-state index in [4.69, 9.17) is 0 Å². The van der Waals surface area contributed by atoms with Crippen molar-refractivity contribution in [2.45, 2.75) is 96.9 Å². The number of carbonyl (C=O) groups is 1. The Balaban J connectivity index is 2.43. The second kappa shape index (κ2) is 8.65. The van der Waals surface area contributed by atoms with Crippen LogP contribution in [0.25, 0.3) is 0 Å². The van der Waals surface area contributed by atoms with Gasteiger partial charge in [-0.05, 0) is 50.9 Å². The van der Waals surface area contributed by atoms with Gasteiger partial charge in [0.05, 0.1) is 25.6 Å². The molecule has 1 N–H and O–H groups in total. The van der Waals surface area contributed by atoms with E-state index in [1.165, 1.54) is 69.1 Å². The molecule has 0 bridgehead atoms. The molecule has 134 valence electrons. The Hall–Kier alpha value is -0.370. The van der Waals surface area contributed by atoms with Gasteiger partial charge in [0, 0.05) is 6.42 Å². The Labute approximate surface area is 144 Å². The van der Waals surface area contributed by atoms with E-state index < -0.39 is 0 Å². The molecule has 23 heavy (non-hydrogen) atoms. The minimum atomic E-state index is -0.0459. The van der Waals surface area contributed by atoms with E-state index in [1.54, 1.807) is 0 Å². The van der Waals surface area contributed by atoms with E-state index in [9.17, 15) is 4.79 Å². The summed E-state index contributed by atoms with van der Waals surface area (Å²) in [6, 6.07) is 0.452. The Morgan fingerprint density at radius 2 is 1.39 bits per heavy atom. The van der Waals surface area contributed by atoms with Crippen molar-refractivity contribution in [1.82, 2.24) is 0 Å². The summed E-state index contributed by atoms with van der Waals surface area (Å²) in [6.45, 7) is 4.56. The summed E-state index contributed by atoms with van der Waals surface area (Å²) in [5.74, 6) is 1.90. The van der Waals surface area contributed by atoms with Crippen LogP contribution >= 0.6 is 0 Å². The highest BCUT2D eigenvalue weighted by atomic mass is 16.1. The average molecular weight is 323 g/mol. The predicted molar refractivity (Wildman–Crippen MR) is 97.8 cm³/mol. The van der Waals surface area contributed by atoms with Gasteiger partial charge in [-0.15, -0.1) is 0 Å². The molecule has 0 amide bonds.